The van der Waals surface area contributed by atoms with Gasteiger partial charge in [0.1, 0.15) is 11.9 Å². The molecule has 1 heterocycles. The number of ether oxygens (including phenoxy) is 2. The van der Waals surface area contributed by atoms with Crippen LogP contribution in [-0.2, 0) is 14.3 Å². The highest BCUT2D eigenvalue weighted by atomic mass is 16.7. The first kappa shape index (κ1) is 12.6. The fraction of sp³-hybridized carbons (Fsp3) is 0.909. The molecule has 1 rings (SSSR count). The lowest BCUT2D eigenvalue weighted by molar-refractivity contribution is -0.219. The summed E-state index contributed by atoms with van der Waals surface area (Å²) in [4.78, 5) is 10.9. The topological polar surface area (TPSA) is 55.8 Å². The van der Waals surface area contributed by atoms with Gasteiger partial charge >= 0.3 is 0 Å². The minimum atomic E-state index is -0.490. The van der Waals surface area contributed by atoms with E-state index in [1.54, 1.807) is 6.92 Å². The molecule has 0 aliphatic carbocycles. The molecule has 88 valence electrons. The molecule has 4 nitrogen and oxygen atoms in total. The van der Waals surface area contributed by atoms with Crippen LogP contribution in [0, 0.1) is 5.92 Å². The summed E-state index contributed by atoms with van der Waals surface area (Å²) in [6.45, 7) is 4.37. The molecule has 1 saturated heterocycles. The van der Waals surface area contributed by atoms with Crippen molar-refractivity contribution in [2.24, 2.45) is 5.92 Å². The van der Waals surface area contributed by atoms with Gasteiger partial charge in [-0.05, 0) is 25.7 Å². The summed E-state index contributed by atoms with van der Waals surface area (Å²) in [5, 5.41) is 9.13. The van der Waals surface area contributed by atoms with Crippen molar-refractivity contribution < 1.29 is 19.4 Å². The molecule has 1 aliphatic rings. The normalized spacial score (nSPS) is 28.7. The number of rotatable bonds is 5. The second kappa shape index (κ2) is 6.20. The molecule has 0 bridgehead atoms. The summed E-state index contributed by atoms with van der Waals surface area (Å²) in [7, 11) is 0. The zero-order valence-corrected chi connectivity index (χ0v) is 9.44. The van der Waals surface area contributed by atoms with Gasteiger partial charge < -0.3 is 19.4 Å². The Labute approximate surface area is 90.6 Å². The van der Waals surface area contributed by atoms with E-state index in [9.17, 15) is 4.79 Å². The molecular formula is C11H20O4. The van der Waals surface area contributed by atoms with Gasteiger partial charge in [0.15, 0.2) is 6.29 Å². The third-order valence-electron chi connectivity index (χ3n) is 2.48. The predicted octanol–water partition coefficient (Wildman–Crippen LogP) is 1.12. The lowest BCUT2D eigenvalue weighted by Gasteiger charge is -2.27. The lowest BCUT2D eigenvalue weighted by atomic mass is 9.99. The molecule has 15 heavy (non-hydrogen) atoms. The van der Waals surface area contributed by atoms with Gasteiger partial charge in [-0.1, -0.05) is 6.92 Å². The number of carbonyl (C=O) groups excluding carboxylic acids is 1. The van der Waals surface area contributed by atoms with Crippen molar-refractivity contribution in [1.82, 2.24) is 0 Å². The molecule has 1 atom stereocenters. The summed E-state index contributed by atoms with van der Waals surface area (Å²) in [6.07, 6.45) is 1.63. The van der Waals surface area contributed by atoms with E-state index < -0.39 is 6.10 Å². The first-order chi connectivity index (χ1) is 7.08. The highest BCUT2D eigenvalue weighted by molar-refractivity contribution is 5.75. The van der Waals surface area contributed by atoms with E-state index in [2.05, 4.69) is 6.92 Å². The fourth-order valence-corrected chi connectivity index (χ4v) is 1.71. The highest BCUT2D eigenvalue weighted by Crippen LogP contribution is 2.17. The van der Waals surface area contributed by atoms with E-state index in [0.29, 0.717) is 25.6 Å². The standard InChI is InChI=1S/C11H20O4/c1-8(5-9(2)12)3-4-11-14-6-10(13)7-15-11/h8,10-11,13H,3-7H2,1-2H3/t8-,10?,11?/m0/s1. The van der Waals surface area contributed by atoms with E-state index in [1.807, 2.05) is 0 Å². The third kappa shape index (κ3) is 5.25. The molecule has 0 aromatic heterocycles. The molecule has 0 spiro atoms. The van der Waals surface area contributed by atoms with E-state index >= 15 is 0 Å². The molecule has 0 aromatic carbocycles. The minimum Gasteiger partial charge on any atom is -0.388 e. The second-order valence-corrected chi connectivity index (χ2v) is 4.34. The Morgan fingerprint density at radius 2 is 2.07 bits per heavy atom. The Morgan fingerprint density at radius 3 is 2.60 bits per heavy atom. The number of carbonyl (C=O) groups is 1. The van der Waals surface area contributed by atoms with Gasteiger partial charge in [-0.2, -0.15) is 0 Å². The smallest absolute Gasteiger partial charge is 0.157 e. The van der Waals surface area contributed by atoms with E-state index in [-0.39, 0.29) is 12.1 Å². The van der Waals surface area contributed by atoms with Crippen LogP contribution in [0.2, 0.25) is 0 Å². The Kier molecular flexibility index (Phi) is 5.22. The summed E-state index contributed by atoms with van der Waals surface area (Å²) in [5.74, 6) is 0.602. The highest BCUT2D eigenvalue weighted by Gasteiger charge is 2.20. The molecule has 1 aliphatic heterocycles. The van der Waals surface area contributed by atoms with Crippen LogP contribution in [0.15, 0.2) is 0 Å². The molecule has 0 amide bonds. The average Bonchev–Trinajstić information content (AvgIpc) is 2.16. The van der Waals surface area contributed by atoms with Crippen molar-refractivity contribution in [3.8, 4) is 0 Å². The maximum Gasteiger partial charge on any atom is 0.157 e. The van der Waals surface area contributed by atoms with Crippen LogP contribution in [0.5, 0.6) is 0 Å². The van der Waals surface area contributed by atoms with E-state index in [1.165, 1.54) is 0 Å². The first-order valence-corrected chi connectivity index (χ1v) is 5.48. The Hall–Kier alpha value is -0.450. The monoisotopic (exact) mass is 216 g/mol. The Balaban J connectivity index is 2.11. The van der Waals surface area contributed by atoms with Crippen molar-refractivity contribution >= 4 is 5.78 Å². The Bertz CT molecular complexity index is 197. The van der Waals surface area contributed by atoms with Gasteiger partial charge in [-0.3, -0.25) is 0 Å². The molecule has 1 N–H and O–H groups in total. The maximum atomic E-state index is 10.9. The van der Waals surface area contributed by atoms with Gasteiger partial charge in [-0.25, -0.2) is 0 Å². The van der Waals surface area contributed by atoms with Gasteiger partial charge in [0.2, 0.25) is 0 Å². The number of ketones is 1. The van der Waals surface area contributed by atoms with Gasteiger partial charge in [-0.15, -0.1) is 0 Å². The van der Waals surface area contributed by atoms with Gasteiger partial charge in [0.05, 0.1) is 13.2 Å². The predicted molar refractivity (Wildman–Crippen MR) is 55.4 cm³/mol. The number of hydrogen-bond donors (Lipinski definition) is 1. The summed E-state index contributed by atoms with van der Waals surface area (Å²) in [6, 6.07) is 0. The van der Waals surface area contributed by atoms with Crippen LogP contribution < -0.4 is 0 Å². The summed E-state index contributed by atoms with van der Waals surface area (Å²) in [5.41, 5.74) is 0. The van der Waals surface area contributed by atoms with Crippen LogP contribution in [0.1, 0.15) is 33.1 Å². The lowest BCUT2D eigenvalue weighted by Crippen LogP contribution is -2.35. The molecular weight excluding hydrogens is 196 g/mol. The second-order valence-electron chi connectivity index (χ2n) is 4.34. The van der Waals surface area contributed by atoms with Gasteiger partial charge in [0.25, 0.3) is 0 Å². The maximum absolute atomic E-state index is 10.9. The Morgan fingerprint density at radius 1 is 1.47 bits per heavy atom. The number of Topliss-reactive ketones (excluding diaryl/α,β-unsaturated/α-hetero) is 1. The zero-order valence-electron chi connectivity index (χ0n) is 9.44. The molecule has 0 unspecified atom stereocenters. The quantitative estimate of drug-likeness (QED) is 0.748. The molecule has 0 saturated carbocycles. The largest absolute Gasteiger partial charge is 0.388 e. The summed E-state index contributed by atoms with van der Waals surface area (Å²) >= 11 is 0. The van der Waals surface area contributed by atoms with E-state index in [0.717, 1.165) is 12.8 Å². The average molecular weight is 216 g/mol. The zero-order chi connectivity index (χ0) is 11.3. The van der Waals surface area contributed by atoms with E-state index in [4.69, 9.17) is 14.6 Å². The molecule has 0 radical (unpaired) electrons. The van der Waals surface area contributed by atoms with Crippen LogP contribution in [0.4, 0.5) is 0 Å². The number of hydrogen-bond acceptors (Lipinski definition) is 4. The van der Waals surface area contributed by atoms with Crippen molar-refractivity contribution in [3.05, 3.63) is 0 Å². The third-order valence-corrected chi connectivity index (χ3v) is 2.48. The molecule has 0 aromatic rings. The summed E-state index contributed by atoms with van der Waals surface area (Å²) < 4.78 is 10.6. The van der Waals surface area contributed by atoms with Crippen LogP contribution in [-0.4, -0.2) is 36.5 Å². The van der Waals surface area contributed by atoms with Crippen molar-refractivity contribution in [2.45, 2.75) is 45.5 Å². The minimum absolute atomic E-state index is 0.206. The van der Waals surface area contributed by atoms with Crippen LogP contribution in [0.25, 0.3) is 0 Å². The fourth-order valence-electron chi connectivity index (χ4n) is 1.71. The SMILES string of the molecule is CC(=O)C[C@@H](C)CCC1OCC(O)CO1. The van der Waals surface area contributed by atoms with Gasteiger partial charge in [0, 0.05) is 6.42 Å². The molecule has 1 fully saturated rings. The van der Waals surface area contributed by atoms with Crippen molar-refractivity contribution in [3.63, 3.8) is 0 Å². The van der Waals surface area contributed by atoms with Crippen LogP contribution >= 0.6 is 0 Å². The van der Waals surface area contributed by atoms with Crippen molar-refractivity contribution in [2.75, 3.05) is 13.2 Å². The first-order valence-electron chi connectivity index (χ1n) is 5.48. The number of aliphatic hydroxyl groups is 1. The van der Waals surface area contributed by atoms with Crippen molar-refractivity contribution in [1.29, 1.82) is 0 Å². The number of aliphatic hydroxyl groups excluding tert-OH is 1. The molecule has 4 heteroatoms. The van der Waals surface area contributed by atoms with Crippen LogP contribution in [0.3, 0.4) is 0 Å².